The summed E-state index contributed by atoms with van der Waals surface area (Å²) >= 11 is 1.20. The Morgan fingerprint density at radius 1 is 1.28 bits per heavy atom. The number of carbonyl (C=O) groups excluding carboxylic acids is 2. The Morgan fingerprint density at radius 3 is 2.76 bits per heavy atom. The normalized spacial score (nSPS) is 10.6. The molecule has 29 heavy (non-hydrogen) atoms. The molecule has 152 valence electrons. The van der Waals surface area contributed by atoms with Gasteiger partial charge in [-0.05, 0) is 25.1 Å². The number of carbonyl (C=O) groups is 2. The molecule has 0 fully saturated rings. The molecule has 2 amide bonds. The van der Waals surface area contributed by atoms with Gasteiger partial charge >= 0.3 is 0 Å². The summed E-state index contributed by atoms with van der Waals surface area (Å²) in [5, 5.41) is 22.9. The number of nitrogens with zero attached hydrogens (tertiary/aromatic N) is 3. The maximum atomic E-state index is 12.0. The van der Waals surface area contributed by atoms with Crippen LogP contribution in [0.3, 0.4) is 0 Å². The van der Waals surface area contributed by atoms with E-state index in [4.69, 9.17) is 9.15 Å². The summed E-state index contributed by atoms with van der Waals surface area (Å²) in [4.78, 5) is 28.1. The molecule has 0 bridgehead atoms. The van der Waals surface area contributed by atoms with Crippen LogP contribution >= 0.6 is 11.3 Å². The standard InChI is InChI=1S/C18H19N5O5S/c1-10-12(21-17(28-10)11-3-4-14(27-2)13(24)7-11)8-19-15(25)5-6-16(26)22-18-23-20-9-29-18/h3-4,7,9,24H,5-6,8H2,1-2H3,(H,19,25)(H,22,23,26). The SMILES string of the molecule is COc1ccc(-c2nc(CNC(=O)CCC(=O)Nc3nncs3)c(C)o2)cc1O. The zero-order valence-corrected chi connectivity index (χ0v) is 16.6. The Labute approximate surface area is 169 Å². The smallest absolute Gasteiger partial charge is 0.226 e. The summed E-state index contributed by atoms with van der Waals surface area (Å²) in [7, 11) is 1.46. The average Bonchev–Trinajstić information content (AvgIpc) is 3.34. The lowest BCUT2D eigenvalue weighted by Gasteiger charge is -2.04. The monoisotopic (exact) mass is 417 g/mol. The van der Waals surface area contributed by atoms with Crippen molar-refractivity contribution >= 4 is 28.3 Å². The van der Waals surface area contributed by atoms with Crippen LogP contribution in [0.2, 0.25) is 0 Å². The van der Waals surface area contributed by atoms with Gasteiger partial charge in [0, 0.05) is 18.4 Å². The summed E-state index contributed by atoms with van der Waals surface area (Å²) in [5.74, 6) is 0.590. The van der Waals surface area contributed by atoms with Crippen molar-refractivity contribution in [1.29, 1.82) is 0 Å². The van der Waals surface area contributed by atoms with Crippen molar-refractivity contribution in [3.63, 3.8) is 0 Å². The van der Waals surface area contributed by atoms with Gasteiger partial charge < -0.3 is 24.9 Å². The van der Waals surface area contributed by atoms with Gasteiger partial charge in [0.1, 0.15) is 17.0 Å². The molecular weight excluding hydrogens is 398 g/mol. The van der Waals surface area contributed by atoms with Gasteiger partial charge in [-0.1, -0.05) is 11.3 Å². The highest BCUT2D eigenvalue weighted by molar-refractivity contribution is 7.13. The van der Waals surface area contributed by atoms with Crippen LogP contribution in [0.1, 0.15) is 24.3 Å². The van der Waals surface area contributed by atoms with Crippen molar-refractivity contribution in [2.75, 3.05) is 12.4 Å². The lowest BCUT2D eigenvalue weighted by molar-refractivity contribution is -0.124. The van der Waals surface area contributed by atoms with Crippen LogP contribution < -0.4 is 15.4 Å². The minimum Gasteiger partial charge on any atom is -0.504 e. The van der Waals surface area contributed by atoms with E-state index >= 15 is 0 Å². The molecule has 0 unspecified atom stereocenters. The highest BCUT2D eigenvalue weighted by atomic mass is 32.1. The number of anilines is 1. The molecular formula is C18H19N5O5S. The fourth-order valence-electron chi connectivity index (χ4n) is 2.45. The molecule has 2 heterocycles. The Balaban J connectivity index is 1.52. The van der Waals surface area contributed by atoms with Crippen LogP contribution in [0, 0.1) is 6.92 Å². The maximum Gasteiger partial charge on any atom is 0.226 e. The number of phenolic OH excluding ortho intramolecular Hbond substituents is 1. The molecule has 0 spiro atoms. The van der Waals surface area contributed by atoms with E-state index in [1.807, 2.05) is 0 Å². The molecule has 0 saturated carbocycles. The summed E-state index contributed by atoms with van der Waals surface area (Å²) in [6.45, 7) is 1.89. The molecule has 3 rings (SSSR count). The van der Waals surface area contributed by atoms with Crippen molar-refractivity contribution in [2.45, 2.75) is 26.3 Å². The number of aromatic hydroxyl groups is 1. The summed E-state index contributed by atoms with van der Waals surface area (Å²) < 4.78 is 10.6. The van der Waals surface area contributed by atoms with Crippen LogP contribution in [-0.2, 0) is 16.1 Å². The molecule has 10 nitrogen and oxygen atoms in total. The van der Waals surface area contributed by atoms with E-state index in [1.54, 1.807) is 19.1 Å². The van der Waals surface area contributed by atoms with Crippen molar-refractivity contribution in [1.82, 2.24) is 20.5 Å². The third kappa shape index (κ3) is 5.29. The fourth-order valence-corrected chi connectivity index (χ4v) is 2.91. The average molecular weight is 417 g/mol. The van der Waals surface area contributed by atoms with Gasteiger partial charge in [0.25, 0.3) is 0 Å². The van der Waals surface area contributed by atoms with Gasteiger partial charge in [0.15, 0.2) is 11.5 Å². The van der Waals surface area contributed by atoms with Crippen molar-refractivity contribution in [3.8, 4) is 23.0 Å². The largest absolute Gasteiger partial charge is 0.504 e. The quantitative estimate of drug-likeness (QED) is 0.507. The topological polar surface area (TPSA) is 139 Å². The van der Waals surface area contributed by atoms with E-state index in [9.17, 15) is 14.7 Å². The summed E-state index contributed by atoms with van der Waals surface area (Å²) in [5.41, 5.74) is 2.64. The van der Waals surface area contributed by atoms with Crippen LogP contribution in [0.25, 0.3) is 11.5 Å². The van der Waals surface area contributed by atoms with Gasteiger partial charge in [0.05, 0.1) is 13.7 Å². The Kier molecular flexibility index (Phi) is 6.39. The second kappa shape index (κ2) is 9.15. The minimum absolute atomic E-state index is 0.0255. The van der Waals surface area contributed by atoms with Crippen LogP contribution in [0.4, 0.5) is 5.13 Å². The molecule has 0 aliphatic heterocycles. The zero-order valence-electron chi connectivity index (χ0n) is 15.8. The summed E-state index contributed by atoms with van der Waals surface area (Å²) in [6.07, 6.45) is 0.0559. The lowest BCUT2D eigenvalue weighted by Crippen LogP contribution is -2.24. The Hall–Kier alpha value is -3.47. The number of oxazole rings is 1. The maximum absolute atomic E-state index is 12.0. The number of aryl methyl sites for hydroxylation is 1. The molecule has 2 aromatic heterocycles. The van der Waals surface area contributed by atoms with E-state index < -0.39 is 0 Å². The Bertz CT molecular complexity index is 1000. The number of hydrogen-bond donors (Lipinski definition) is 3. The van der Waals surface area contributed by atoms with Gasteiger partial charge in [-0.15, -0.1) is 10.2 Å². The second-order valence-electron chi connectivity index (χ2n) is 5.98. The third-order valence-electron chi connectivity index (χ3n) is 3.96. The van der Waals surface area contributed by atoms with Gasteiger partial charge in [-0.3, -0.25) is 9.59 Å². The van der Waals surface area contributed by atoms with E-state index in [2.05, 4.69) is 25.8 Å². The van der Waals surface area contributed by atoms with Crippen molar-refractivity contribution in [3.05, 3.63) is 35.2 Å². The van der Waals surface area contributed by atoms with E-state index in [1.165, 1.54) is 30.0 Å². The number of benzene rings is 1. The molecule has 11 heteroatoms. The highest BCUT2D eigenvalue weighted by Gasteiger charge is 2.15. The predicted molar refractivity (Wildman–Crippen MR) is 105 cm³/mol. The first kappa shape index (κ1) is 20.3. The van der Waals surface area contributed by atoms with E-state index in [0.717, 1.165) is 0 Å². The fraction of sp³-hybridized carbons (Fsp3) is 0.278. The lowest BCUT2D eigenvalue weighted by atomic mass is 10.2. The number of nitrogens with one attached hydrogen (secondary N) is 2. The number of aromatic nitrogens is 3. The molecule has 1 aromatic carbocycles. The number of rotatable bonds is 8. The third-order valence-corrected chi connectivity index (χ3v) is 4.56. The van der Waals surface area contributed by atoms with Crippen molar-refractivity contribution < 1.29 is 23.8 Å². The van der Waals surface area contributed by atoms with Crippen LogP contribution in [0.5, 0.6) is 11.5 Å². The molecule has 0 aliphatic carbocycles. The molecule has 0 aliphatic rings. The number of phenols is 1. The number of ether oxygens (including phenoxy) is 1. The number of amides is 2. The van der Waals surface area contributed by atoms with Gasteiger partial charge in [-0.25, -0.2) is 4.98 Å². The molecule has 0 radical (unpaired) electrons. The first-order valence-corrected chi connectivity index (χ1v) is 9.50. The van der Waals surface area contributed by atoms with Crippen molar-refractivity contribution in [2.24, 2.45) is 0 Å². The van der Waals surface area contributed by atoms with Gasteiger partial charge in [-0.2, -0.15) is 0 Å². The first-order valence-electron chi connectivity index (χ1n) is 8.62. The van der Waals surface area contributed by atoms with Crippen LogP contribution in [0.15, 0.2) is 28.1 Å². The molecule has 0 atom stereocenters. The molecule has 3 aromatic rings. The zero-order chi connectivity index (χ0) is 20.8. The first-order chi connectivity index (χ1) is 14.0. The number of methoxy groups -OCH3 is 1. The predicted octanol–water partition coefficient (Wildman–Crippen LogP) is 2.25. The molecule has 0 saturated heterocycles. The van der Waals surface area contributed by atoms with E-state index in [-0.39, 0.29) is 37.0 Å². The van der Waals surface area contributed by atoms with Crippen LogP contribution in [-0.4, -0.2) is 39.2 Å². The summed E-state index contributed by atoms with van der Waals surface area (Å²) in [6, 6.07) is 4.81. The van der Waals surface area contributed by atoms with Gasteiger partial charge in [0.2, 0.25) is 22.8 Å². The number of hydrogen-bond acceptors (Lipinski definition) is 9. The van der Waals surface area contributed by atoms with E-state index in [0.29, 0.717) is 33.8 Å². The highest BCUT2D eigenvalue weighted by Crippen LogP contribution is 2.31. The molecule has 3 N–H and O–H groups in total. The second-order valence-corrected chi connectivity index (χ2v) is 6.81. The Morgan fingerprint density at radius 2 is 2.07 bits per heavy atom. The minimum atomic E-state index is -0.309.